The molecule has 0 bridgehead atoms. The van der Waals surface area contributed by atoms with Crippen molar-refractivity contribution in [1.29, 1.82) is 0 Å². The molecule has 2 aromatic rings. The molecule has 0 amide bonds. The summed E-state index contributed by atoms with van der Waals surface area (Å²) in [6, 6.07) is 11.9. The maximum atomic E-state index is 13.3. The van der Waals surface area contributed by atoms with Crippen LogP contribution in [-0.4, -0.2) is 66.2 Å². The number of aliphatic hydroxyl groups excluding tert-OH is 3. The van der Waals surface area contributed by atoms with Crippen LogP contribution in [0.4, 0.5) is 22.7 Å². The summed E-state index contributed by atoms with van der Waals surface area (Å²) in [6.45, 7) is 13.0. The Hall–Kier alpha value is -3.62. The quantitative estimate of drug-likeness (QED) is 0.156. The lowest BCUT2D eigenvalue weighted by Gasteiger charge is -2.25. The molecule has 0 spiro atoms. The Morgan fingerprint density at radius 1 is 0.854 bits per heavy atom. The summed E-state index contributed by atoms with van der Waals surface area (Å²) in [5.74, 6) is -0.401. The fourth-order valence-electron chi connectivity index (χ4n) is 5.13. The van der Waals surface area contributed by atoms with Crippen molar-refractivity contribution < 1.29 is 20.1 Å². The molecule has 41 heavy (non-hydrogen) atoms. The zero-order valence-corrected chi connectivity index (χ0v) is 25.2. The van der Waals surface area contributed by atoms with Crippen molar-refractivity contribution in [3.8, 4) is 0 Å². The number of carbonyl (C=O) groups is 1. The summed E-state index contributed by atoms with van der Waals surface area (Å²) < 4.78 is 0. The van der Waals surface area contributed by atoms with Gasteiger partial charge >= 0.3 is 0 Å². The number of ketones is 1. The molecule has 1 aliphatic rings. The van der Waals surface area contributed by atoms with Gasteiger partial charge in [0.15, 0.2) is 0 Å². The van der Waals surface area contributed by atoms with E-state index < -0.39 is 0 Å². The van der Waals surface area contributed by atoms with Gasteiger partial charge in [-0.2, -0.15) is 0 Å². The number of carbonyl (C=O) groups excluding carboxylic acids is 1. The molecule has 3 rings (SSSR count). The molecule has 0 unspecified atom stereocenters. The third-order valence-corrected chi connectivity index (χ3v) is 7.49. The highest BCUT2D eigenvalue weighted by Gasteiger charge is 2.27. The predicted octanol–water partition coefficient (Wildman–Crippen LogP) is 5.98. The average Bonchev–Trinajstić information content (AvgIpc) is 2.95. The van der Waals surface area contributed by atoms with Crippen LogP contribution < -0.4 is 15.1 Å². The predicted molar refractivity (Wildman–Crippen MR) is 170 cm³/mol. The molecule has 8 heteroatoms. The second kappa shape index (κ2) is 15.4. The van der Waals surface area contributed by atoms with E-state index in [9.17, 15) is 20.1 Å². The second-order valence-electron chi connectivity index (χ2n) is 10.4. The Morgan fingerprint density at radius 3 is 2.00 bits per heavy atom. The smallest absolute Gasteiger partial charge is 0.206 e. The van der Waals surface area contributed by atoms with Crippen LogP contribution in [0.2, 0.25) is 0 Å². The van der Waals surface area contributed by atoms with Gasteiger partial charge < -0.3 is 30.4 Å². The number of aryl methyl sites for hydroxylation is 2. The minimum Gasteiger partial charge on any atom is -0.506 e. The molecule has 222 valence electrons. The van der Waals surface area contributed by atoms with E-state index in [-0.39, 0.29) is 24.8 Å². The molecule has 8 nitrogen and oxygen atoms in total. The van der Waals surface area contributed by atoms with E-state index in [1.165, 1.54) is 6.08 Å². The van der Waals surface area contributed by atoms with Gasteiger partial charge in [-0.1, -0.05) is 19.8 Å². The molecule has 1 aliphatic carbocycles. The molecule has 0 aliphatic heterocycles. The van der Waals surface area contributed by atoms with Crippen LogP contribution in [0.15, 0.2) is 64.5 Å². The van der Waals surface area contributed by atoms with Crippen LogP contribution in [0.5, 0.6) is 0 Å². The first-order chi connectivity index (χ1) is 19.8. The van der Waals surface area contributed by atoms with E-state index in [0.29, 0.717) is 36.5 Å². The highest BCUT2D eigenvalue weighted by Crippen LogP contribution is 2.32. The first-order valence-corrected chi connectivity index (χ1v) is 14.7. The lowest BCUT2D eigenvalue weighted by atomic mass is 9.92. The van der Waals surface area contributed by atoms with E-state index in [4.69, 9.17) is 4.99 Å². The third kappa shape index (κ3) is 7.99. The molecule has 0 saturated carbocycles. The third-order valence-electron chi connectivity index (χ3n) is 7.49. The minimum absolute atomic E-state index is 0.0764. The average molecular weight is 563 g/mol. The Kier molecular flexibility index (Phi) is 12.0. The summed E-state index contributed by atoms with van der Waals surface area (Å²) in [7, 11) is 0. The zero-order valence-electron chi connectivity index (χ0n) is 25.2. The Balaban J connectivity index is 2.05. The van der Waals surface area contributed by atoms with Crippen molar-refractivity contribution in [3.63, 3.8) is 0 Å². The summed E-state index contributed by atoms with van der Waals surface area (Å²) >= 11 is 0. The lowest BCUT2D eigenvalue weighted by molar-refractivity contribution is -0.111. The maximum absolute atomic E-state index is 13.3. The zero-order chi connectivity index (χ0) is 29.9. The van der Waals surface area contributed by atoms with Crippen LogP contribution in [0.25, 0.3) is 0 Å². The molecule has 0 atom stereocenters. The Labute approximate surface area is 244 Å². The molecule has 0 fully saturated rings. The van der Waals surface area contributed by atoms with E-state index in [1.54, 1.807) is 0 Å². The van der Waals surface area contributed by atoms with E-state index in [1.807, 2.05) is 51.1 Å². The summed E-state index contributed by atoms with van der Waals surface area (Å²) in [6.07, 6.45) is 4.75. The van der Waals surface area contributed by atoms with Gasteiger partial charge in [-0.3, -0.25) is 4.79 Å². The first-order valence-electron chi connectivity index (χ1n) is 14.7. The number of hydrogen-bond donors (Lipinski definition) is 4. The van der Waals surface area contributed by atoms with Gasteiger partial charge in [-0.25, -0.2) is 4.99 Å². The molecular formula is C33H46N4O4. The van der Waals surface area contributed by atoms with Gasteiger partial charge in [0.05, 0.1) is 24.6 Å². The monoisotopic (exact) mass is 562 g/mol. The summed E-state index contributed by atoms with van der Waals surface area (Å²) in [4.78, 5) is 22.4. The highest BCUT2D eigenvalue weighted by molar-refractivity contribution is 6.25. The Morgan fingerprint density at radius 2 is 1.46 bits per heavy atom. The van der Waals surface area contributed by atoms with Crippen molar-refractivity contribution >= 4 is 34.2 Å². The van der Waals surface area contributed by atoms with Crippen molar-refractivity contribution in [3.05, 3.63) is 70.6 Å². The first kappa shape index (κ1) is 31.9. The number of benzene rings is 2. The number of nitrogens with one attached hydrogen (secondary N) is 1. The van der Waals surface area contributed by atoms with Crippen LogP contribution >= 0.6 is 0 Å². The van der Waals surface area contributed by atoms with E-state index >= 15 is 0 Å². The second-order valence-corrected chi connectivity index (χ2v) is 10.4. The largest absolute Gasteiger partial charge is 0.506 e. The number of anilines is 3. The van der Waals surface area contributed by atoms with Crippen LogP contribution in [-0.2, 0) is 4.79 Å². The molecule has 2 aromatic carbocycles. The molecule has 0 saturated heterocycles. The van der Waals surface area contributed by atoms with Gasteiger partial charge in [0.2, 0.25) is 5.78 Å². The molecule has 0 aromatic heterocycles. The minimum atomic E-state index is -0.276. The maximum Gasteiger partial charge on any atom is 0.206 e. The van der Waals surface area contributed by atoms with Crippen LogP contribution in [0, 0.1) is 13.8 Å². The normalized spacial score (nSPS) is 14.5. The van der Waals surface area contributed by atoms with Crippen molar-refractivity contribution in [2.45, 2.75) is 60.3 Å². The number of aliphatic hydroxyl groups is 3. The fraction of sp³-hybridized carbons (Fsp3) is 0.455. The van der Waals surface area contributed by atoms with Gasteiger partial charge in [0.1, 0.15) is 11.5 Å². The van der Waals surface area contributed by atoms with Crippen molar-refractivity contribution in [1.82, 2.24) is 0 Å². The number of unbranched alkanes of at least 4 members (excludes halogenated alkanes) is 2. The summed E-state index contributed by atoms with van der Waals surface area (Å²) in [5.41, 5.74) is 7.01. The number of rotatable bonds is 15. The fourth-order valence-corrected chi connectivity index (χ4v) is 5.13. The van der Waals surface area contributed by atoms with Crippen molar-refractivity contribution in [2.75, 3.05) is 54.5 Å². The van der Waals surface area contributed by atoms with Gasteiger partial charge in [0.25, 0.3) is 0 Å². The van der Waals surface area contributed by atoms with Crippen molar-refractivity contribution in [2.24, 2.45) is 4.99 Å². The molecule has 4 N–H and O–H groups in total. The highest BCUT2D eigenvalue weighted by atomic mass is 16.3. The van der Waals surface area contributed by atoms with Gasteiger partial charge in [-0.05, 0) is 88.1 Å². The SMILES string of the molecule is CCCCCC1=C(Nc2ccc(N(CC)CCO)cc2C)C(=O)C=C(O)C1=Nc1ccc(N(CC)CCO)cc1C. The van der Waals surface area contributed by atoms with Gasteiger partial charge in [-0.15, -0.1) is 0 Å². The summed E-state index contributed by atoms with van der Waals surface area (Å²) in [5, 5.41) is 33.2. The number of nitrogens with zero attached hydrogens (tertiary/aromatic N) is 3. The molecule has 0 radical (unpaired) electrons. The van der Waals surface area contributed by atoms with E-state index in [2.05, 4.69) is 35.0 Å². The standard InChI is InChI=1S/C33H46N4O4/c1-6-9-10-11-27-32(34-28-14-12-25(20-23(28)4)36(7-2)16-18-38)30(40)22-31(41)33(27)35-29-15-13-26(21-24(29)5)37(8-3)17-19-39/h12-15,20-22,34,38-39,41H,6-11,16-19H2,1-5H3. The lowest BCUT2D eigenvalue weighted by Crippen LogP contribution is -2.26. The van der Waals surface area contributed by atoms with E-state index in [0.717, 1.165) is 66.2 Å². The van der Waals surface area contributed by atoms with Crippen LogP contribution in [0.1, 0.15) is 57.6 Å². The van der Waals surface area contributed by atoms with Gasteiger partial charge in [0, 0.05) is 54.9 Å². The topological polar surface area (TPSA) is 109 Å². The molecular weight excluding hydrogens is 516 g/mol. The Bertz CT molecular complexity index is 1300. The number of allylic oxidation sites excluding steroid dienone is 2. The number of likely N-dealkylation sites (N-methyl/N-ethyl adjacent to an activating group) is 2. The number of hydrogen-bond acceptors (Lipinski definition) is 8. The van der Waals surface area contributed by atoms with Crippen LogP contribution in [0.3, 0.4) is 0 Å². The molecule has 0 heterocycles. The number of aliphatic imine (C=N–C) groups is 1.